The third-order valence-corrected chi connectivity index (χ3v) is 2.66. The number of nitrogens with zero attached hydrogens (tertiary/aromatic N) is 3. The molecule has 0 aliphatic heterocycles. The number of nitrogens with one attached hydrogen (secondary N) is 2. The molecule has 2 heterocycles. The first-order valence-electron chi connectivity index (χ1n) is 6.08. The predicted octanol–water partition coefficient (Wildman–Crippen LogP) is 1.35. The van der Waals surface area contributed by atoms with Gasteiger partial charge in [-0.1, -0.05) is 6.92 Å². The Kier molecular flexibility index (Phi) is 4.32. The molecule has 0 radical (unpaired) electrons. The Morgan fingerprint density at radius 2 is 2.41 bits per heavy atom. The average molecular weight is 233 g/mol. The lowest BCUT2D eigenvalue weighted by Crippen LogP contribution is -2.19. The van der Waals surface area contributed by atoms with E-state index < -0.39 is 0 Å². The van der Waals surface area contributed by atoms with Gasteiger partial charge in [0, 0.05) is 44.6 Å². The second-order valence-electron chi connectivity index (χ2n) is 4.04. The summed E-state index contributed by atoms with van der Waals surface area (Å²) < 4.78 is 2.19. The van der Waals surface area contributed by atoms with Crippen LogP contribution in [0.1, 0.15) is 24.9 Å². The number of imidazole rings is 2. The fourth-order valence-corrected chi connectivity index (χ4v) is 1.80. The van der Waals surface area contributed by atoms with E-state index in [0.717, 1.165) is 38.3 Å². The summed E-state index contributed by atoms with van der Waals surface area (Å²) in [4.78, 5) is 11.5. The minimum absolute atomic E-state index is 0.862. The Balaban J connectivity index is 1.72. The van der Waals surface area contributed by atoms with E-state index in [0.29, 0.717) is 0 Å². The number of aromatic nitrogens is 4. The van der Waals surface area contributed by atoms with Gasteiger partial charge in [0.05, 0.1) is 12.0 Å². The molecule has 2 N–H and O–H groups in total. The second kappa shape index (κ2) is 6.20. The van der Waals surface area contributed by atoms with E-state index in [1.54, 1.807) is 6.20 Å². The van der Waals surface area contributed by atoms with Gasteiger partial charge in [0.1, 0.15) is 5.82 Å². The highest BCUT2D eigenvalue weighted by Crippen LogP contribution is 2.00. The van der Waals surface area contributed by atoms with Gasteiger partial charge in [-0.2, -0.15) is 0 Å². The van der Waals surface area contributed by atoms with E-state index in [4.69, 9.17) is 0 Å². The van der Waals surface area contributed by atoms with E-state index in [1.807, 2.05) is 18.7 Å². The van der Waals surface area contributed by atoms with Crippen molar-refractivity contribution in [1.82, 2.24) is 24.8 Å². The van der Waals surface area contributed by atoms with Gasteiger partial charge in [0.25, 0.3) is 0 Å². The molecule has 0 atom stereocenters. The van der Waals surface area contributed by atoms with Crippen LogP contribution in [0.3, 0.4) is 0 Å². The second-order valence-corrected chi connectivity index (χ2v) is 4.04. The van der Waals surface area contributed by atoms with E-state index in [2.05, 4.69) is 31.8 Å². The first-order chi connectivity index (χ1) is 8.40. The number of rotatable bonds is 7. The van der Waals surface area contributed by atoms with Gasteiger partial charge in [0.2, 0.25) is 0 Å². The summed E-state index contributed by atoms with van der Waals surface area (Å²) in [5.74, 6) is 1.03. The van der Waals surface area contributed by atoms with Gasteiger partial charge < -0.3 is 14.9 Å². The van der Waals surface area contributed by atoms with Crippen molar-refractivity contribution in [1.29, 1.82) is 0 Å². The van der Waals surface area contributed by atoms with Crippen molar-refractivity contribution in [3.63, 3.8) is 0 Å². The highest BCUT2D eigenvalue weighted by atomic mass is 15.1. The predicted molar refractivity (Wildman–Crippen MR) is 66.5 cm³/mol. The highest BCUT2D eigenvalue weighted by molar-refractivity contribution is 4.98. The van der Waals surface area contributed by atoms with Gasteiger partial charge >= 0.3 is 0 Å². The molecule has 0 aliphatic rings. The average Bonchev–Trinajstić information content (AvgIpc) is 2.96. The lowest BCUT2D eigenvalue weighted by Gasteiger charge is -2.07. The lowest BCUT2D eigenvalue weighted by atomic mass is 10.3. The molecular weight excluding hydrogens is 214 g/mol. The number of hydrogen-bond acceptors (Lipinski definition) is 3. The molecule has 5 heteroatoms. The molecule has 17 heavy (non-hydrogen) atoms. The molecule has 0 aliphatic carbocycles. The molecule has 0 bridgehead atoms. The van der Waals surface area contributed by atoms with Crippen molar-refractivity contribution in [3.05, 3.63) is 36.4 Å². The molecule has 0 spiro atoms. The van der Waals surface area contributed by atoms with Crippen LogP contribution >= 0.6 is 0 Å². The summed E-state index contributed by atoms with van der Waals surface area (Å²) in [6.45, 7) is 4.99. The summed E-state index contributed by atoms with van der Waals surface area (Å²) in [7, 11) is 0. The van der Waals surface area contributed by atoms with Crippen molar-refractivity contribution in [2.24, 2.45) is 0 Å². The highest BCUT2D eigenvalue weighted by Gasteiger charge is 2.00. The summed E-state index contributed by atoms with van der Waals surface area (Å²) in [6.07, 6.45) is 9.52. The minimum atomic E-state index is 0.862. The Morgan fingerprint density at radius 1 is 1.47 bits per heavy atom. The van der Waals surface area contributed by atoms with Crippen molar-refractivity contribution < 1.29 is 0 Å². The molecule has 0 fully saturated rings. The summed E-state index contributed by atoms with van der Waals surface area (Å²) in [5, 5.41) is 3.40. The topological polar surface area (TPSA) is 58.5 Å². The number of aryl methyl sites for hydroxylation is 1. The van der Waals surface area contributed by atoms with Gasteiger partial charge in [-0.3, -0.25) is 0 Å². The summed E-state index contributed by atoms with van der Waals surface area (Å²) >= 11 is 0. The van der Waals surface area contributed by atoms with Crippen LogP contribution in [0, 0.1) is 0 Å². The standard InChI is InChI=1S/C12H19N5/c1-2-7-17-10-14-9-11(17)8-13-4-3-12-15-5-6-16-12/h5-6,9-10,13H,2-4,7-8H2,1H3,(H,15,16). The van der Waals surface area contributed by atoms with Gasteiger partial charge in [-0.05, 0) is 6.42 Å². The lowest BCUT2D eigenvalue weighted by molar-refractivity contribution is 0.598. The Morgan fingerprint density at radius 3 is 3.18 bits per heavy atom. The zero-order chi connectivity index (χ0) is 11.9. The molecule has 2 rings (SSSR count). The van der Waals surface area contributed by atoms with Crippen molar-refractivity contribution in [2.45, 2.75) is 32.9 Å². The van der Waals surface area contributed by atoms with E-state index in [1.165, 1.54) is 5.69 Å². The zero-order valence-corrected chi connectivity index (χ0v) is 10.2. The van der Waals surface area contributed by atoms with E-state index in [9.17, 15) is 0 Å². The van der Waals surface area contributed by atoms with E-state index in [-0.39, 0.29) is 0 Å². The SMILES string of the molecule is CCCn1cncc1CNCCc1ncc[nH]1. The Labute approximate surface area is 101 Å². The third kappa shape index (κ3) is 3.42. The summed E-state index contributed by atoms with van der Waals surface area (Å²) in [5.41, 5.74) is 1.24. The number of H-pyrrole nitrogens is 1. The molecule has 92 valence electrons. The maximum absolute atomic E-state index is 4.18. The maximum Gasteiger partial charge on any atom is 0.107 e. The van der Waals surface area contributed by atoms with Crippen LogP contribution in [0.2, 0.25) is 0 Å². The Bertz CT molecular complexity index is 418. The molecule has 0 unspecified atom stereocenters. The molecule has 5 nitrogen and oxygen atoms in total. The van der Waals surface area contributed by atoms with Crippen molar-refractivity contribution in [3.8, 4) is 0 Å². The Hall–Kier alpha value is -1.62. The summed E-state index contributed by atoms with van der Waals surface area (Å²) in [6, 6.07) is 0. The van der Waals surface area contributed by atoms with Gasteiger partial charge in [-0.25, -0.2) is 9.97 Å². The number of hydrogen-bond donors (Lipinski definition) is 2. The normalized spacial score (nSPS) is 10.9. The molecule has 2 aromatic rings. The van der Waals surface area contributed by atoms with Crippen LogP contribution in [0.15, 0.2) is 24.9 Å². The van der Waals surface area contributed by atoms with Crippen LogP contribution in [0.4, 0.5) is 0 Å². The minimum Gasteiger partial charge on any atom is -0.349 e. The van der Waals surface area contributed by atoms with Gasteiger partial charge in [-0.15, -0.1) is 0 Å². The van der Waals surface area contributed by atoms with Crippen LogP contribution in [0.5, 0.6) is 0 Å². The molecule has 0 amide bonds. The van der Waals surface area contributed by atoms with Gasteiger partial charge in [0.15, 0.2) is 0 Å². The van der Waals surface area contributed by atoms with Crippen molar-refractivity contribution >= 4 is 0 Å². The van der Waals surface area contributed by atoms with Crippen LogP contribution in [-0.4, -0.2) is 26.1 Å². The first kappa shape index (κ1) is 11.9. The van der Waals surface area contributed by atoms with Crippen LogP contribution < -0.4 is 5.32 Å². The van der Waals surface area contributed by atoms with Crippen molar-refractivity contribution in [2.75, 3.05) is 6.54 Å². The van der Waals surface area contributed by atoms with E-state index >= 15 is 0 Å². The molecule has 0 saturated heterocycles. The molecule has 0 saturated carbocycles. The monoisotopic (exact) mass is 233 g/mol. The fraction of sp³-hybridized carbons (Fsp3) is 0.500. The largest absolute Gasteiger partial charge is 0.349 e. The van der Waals surface area contributed by atoms with Crippen LogP contribution in [0.25, 0.3) is 0 Å². The third-order valence-electron chi connectivity index (χ3n) is 2.66. The van der Waals surface area contributed by atoms with Crippen LogP contribution in [-0.2, 0) is 19.5 Å². The maximum atomic E-state index is 4.18. The quantitative estimate of drug-likeness (QED) is 0.710. The molecule has 2 aromatic heterocycles. The first-order valence-corrected chi connectivity index (χ1v) is 6.08. The molecule has 0 aromatic carbocycles. The fourth-order valence-electron chi connectivity index (χ4n) is 1.80. The zero-order valence-electron chi connectivity index (χ0n) is 10.2. The smallest absolute Gasteiger partial charge is 0.107 e. The number of aromatic amines is 1. The molecular formula is C12H19N5.